The first kappa shape index (κ1) is 31.7. The Balaban J connectivity index is 1.38. The van der Waals surface area contributed by atoms with Crippen LogP contribution in [-0.4, -0.2) is 76.0 Å². The summed E-state index contributed by atoms with van der Waals surface area (Å²) < 4.78 is 0. The Bertz CT molecular complexity index is 2040. The van der Waals surface area contributed by atoms with Gasteiger partial charge in [-0.25, -0.2) is 9.97 Å². The molecule has 20 heteroatoms. The second-order valence-electron chi connectivity index (χ2n) is 9.97. The molecular weight excluding hydrogens is 628 g/mol. The first-order valence-corrected chi connectivity index (χ1v) is 14.8. The number of nitrogens with zero attached hydrogens (tertiary/aromatic N) is 11. The molecule has 248 valence electrons. The van der Waals surface area contributed by atoms with E-state index in [1.807, 2.05) is 19.1 Å². The van der Waals surface area contributed by atoms with Gasteiger partial charge in [-0.1, -0.05) is 24.8 Å². The molecule has 20 nitrogen and oxygen atoms in total. The molecule has 9 N–H and O–H groups in total. The summed E-state index contributed by atoms with van der Waals surface area (Å²) in [6, 6.07) is 10.7. The molecule has 1 aliphatic heterocycles. The van der Waals surface area contributed by atoms with Crippen LogP contribution >= 0.6 is 0 Å². The number of allylic oxidation sites excluding steroid dienone is 4. The third-order valence-corrected chi connectivity index (χ3v) is 6.26. The molecule has 5 aromatic heterocycles. The van der Waals surface area contributed by atoms with E-state index < -0.39 is 0 Å². The van der Waals surface area contributed by atoms with E-state index in [9.17, 15) is 0 Å². The van der Waals surface area contributed by atoms with Crippen molar-refractivity contribution in [1.82, 2.24) is 54.8 Å². The highest BCUT2D eigenvalue weighted by Crippen LogP contribution is 2.22. The maximum atomic E-state index is 4.62. The predicted octanol–water partition coefficient (Wildman–Crippen LogP) is 3.94. The third kappa shape index (κ3) is 8.52. The Morgan fingerprint density at radius 3 is 1.18 bits per heavy atom. The first-order valence-electron chi connectivity index (χ1n) is 14.8. The monoisotopic (exact) mass is 660 g/mol. The van der Waals surface area contributed by atoms with Crippen LogP contribution in [0.4, 0.5) is 76.8 Å². The maximum Gasteiger partial charge on any atom is 0.235 e. The second kappa shape index (κ2) is 14.5. The van der Waals surface area contributed by atoms with Crippen molar-refractivity contribution in [2.24, 2.45) is 0 Å². The van der Waals surface area contributed by atoms with Crippen molar-refractivity contribution in [1.29, 1.82) is 0 Å². The average molecular weight is 661 g/mol. The Kier molecular flexibility index (Phi) is 9.36. The zero-order valence-electron chi connectivity index (χ0n) is 26.8. The lowest BCUT2D eigenvalue weighted by atomic mass is 10.3. The summed E-state index contributed by atoms with van der Waals surface area (Å²) in [5.41, 5.74) is 1.28. The van der Waals surface area contributed by atoms with E-state index in [-0.39, 0.29) is 29.7 Å². The summed E-state index contributed by atoms with van der Waals surface area (Å²) in [4.78, 5) is 49.2. The maximum absolute atomic E-state index is 4.62. The van der Waals surface area contributed by atoms with Gasteiger partial charge >= 0.3 is 0 Å². The lowest BCUT2D eigenvalue weighted by molar-refractivity contribution is 1.04. The Morgan fingerprint density at radius 1 is 0.469 bits per heavy atom. The quantitative estimate of drug-likeness (QED) is 0.133. The Hall–Kier alpha value is -7.25. The highest BCUT2D eigenvalue weighted by atomic mass is 15.3. The Labute approximate surface area is 280 Å². The highest BCUT2D eigenvalue weighted by Gasteiger charge is 2.12. The van der Waals surface area contributed by atoms with Crippen LogP contribution in [0, 0.1) is 0 Å². The van der Waals surface area contributed by atoms with Crippen molar-refractivity contribution >= 4 is 76.8 Å². The zero-order valence-corrected chi connectivity index (χ0v) is 26.8. The molecule has 0 saturated heterocycles. The van der Waals surface area contributed by atoms with Gasteiger partial charge in [-0.2, -0.15) is 44.9 Å². The minimum Gasteiger partial charge on any atom is -0.357 e. The van der Waals surface area contributed by atoms with Gasteiger partial charge in [0.15, 0.2) is 0 Å². The summed E-state index contributed by atoms with van der Waals surface area (Å²) in [6.45, 7) is 5.93. The van der Waals surface area contributed by atoms with E-state index >= 15 is 0 Å². The van der Waals surface area contributed by atoms with E-state index in [1.165, 1.54) is 0 Å². The van der Waals surface area contributed by atoms with Gasteiger partial charge in [0.25, 0.3) is 0 Å². The number of rotatable bonds is 3. The fourth-order valence-electron chi connectivity index (χ4n) is 4.12. The minimum absolute atomic E-state index is 0.229. The van der Waals surface area contributed by atoms with E-state index in [2.05, 4.69) is 109 Å². The van der Waals surface area contributed by atoms with Gasteiger partial charge in [-0.3, -0.25) is 0 Å². The molecule has 0 saturated carbocycles. The second-order valence-corrected chi connectivity index (χ2v) is 9.97. The van der Waals surface area contributed by atoms with Gasteiger partial charge in [-0.15, -0.1) is 0 Å². The molecular formula is C29H32N20. The van der Waals surface area contributed by atoms with Gasteiger partial charge in [0.05, 0.1) is 0 Å². The van der Waals surface area contributed by atoms with Crippen LogP contribution < -0.4 is 47.9 Å². The largest absolute Gasteiger partial charge is 0.357 e. The fraction of sp³-hybridized carbons (Fsp3) is 0.138. The minimum atomic E-state index is 0.229. The summed E-state index contributed by atoms with van der Waals surface area (Å²) in [7, 11) is 5.13. The lowest BCUT2D eigenvalue weighted by Gasteiger charge is -2.12. The molecule has 0 atom stereocenters. The average Bonchev–Trinajstić information content (AvgIpc) is 3.07. The third-order valence-electron chi connectivity index (χ3n) is 6.26. The van der Waals surface area contributed by atoms with Crippen LogP contribution in [0.2, 0.25) is 0 Å². The normalized spacial score (nSPS) is 12.7. The summed E-state index contributed by atoms with van der Waals surface area (Å²) >= 11 is 0. The topological polar surface area (TPSA) is 250 Å². The molecule has 0 spiro atoms. The van der Waals surface area contributed by atoms with E-state index in [1.54, 1.807) is 63.6 Å². The lowest BCUT2D eigenvalue weighted by Crippen LogP contribution is -2.10. The van der Waals surface area contributed by atoms with Crippen LogP contribution in [0.3, 0.4) is 0 Å². The van der Waals surface area contributed by atoms with Gasteiger partial charge in [0.2, 0.25) is 53.5 Å². The fourth-order valence-corrected chi connectivity index (χ4v) is 4.12. The molecule has 0 aromatic carbocycles. The van der Waals surface area contributed by atoms with Crippen molar-refractivity contribution in [3.05, 3.63) is 72.6 Å². The van der Waals surface area contributed by atoms with Gasteiger partial charge in [0, 0.05) is 32.5 Å². The Morgan fingerprint density at radius 2 is 0.816 bits per heavy atom. The highest BCUT2D eigenvalue weighted by molar-refractivity contribution is 5.61. The van der Waals surface area contributed by atoms with E-state index in [0.717, 1.165) is 5.70 Å². The van der Waals surface area contributed by atoms with Gasteiger partial charge in [-0.05, 0) is 43.3 Å². The van der Waals surface area contributed by atoms with Crippen LogP contribution in [0.1, 0.15) is 6.92 Å². The number of fused-ring (bicyclic) bond motifs is 10. The van der Waals surface area contributed by atoms with Crippen molar-refractivity contribution in [2.75, 3.05) is 69.0 Å². The molecule has 0 radical (unpaired) electrons. The molecule has 6 heterocycles. The molecule has 0 fully saturated rings. The molecule has 0 aliphatic carbocycles. The molecule has 6 rings (SSSR count). The number of hydrogen-bond acceptors (Lipinski definition) is 20. The SMILES string of the molecule is C=C1C=CC=C(C)Nc2nc(NC)nc(n2)Nc2cccc(n2)Nc2nc(NC)nc(n2)Nc2cccc(n2)Nc2nc(NC)nc(n2)N1. The van der Waals surface area contributed by atoms with Crippen molar-refractivity contribution in [3.8, 4) is 0 Å². The van der Waals surface area contributed by atoms with Gasteiger partial charge in [0.1, 0.15) is 23.3 Å². The van der Waals surface area contributed by atoms with E-state index in [0.29, 0.717) is 52.8 Å². The standard InChI is InChI=1S/C29H32N20/c1-15-9-6-10-16(2)34-25-42-22(31-4)44-27(48-25)38-18-12-8-14-20(36-18)40-29-46-23(32-5)45-28(49-29)39-19-13-7-11-17(35-19)37-26-43-21(30-3)41-24(33-15)47-26/h6-14H,1H2,2-5H3,(H9,30,31,32,33,34,35,36,37,38,39,40,41,42,43,44,45,46,47,48,49). The van der Waals surface area contributed by atoms with Crippen LogP contribution in [0.25, 0.3) is 0 Å². The number of aromatic nitrogens is 11. The van der Waals surface area contributed by atoms with Crippen LogP contribution in [-0.2, 0) is 0 Å². The smallest absolute Gasteiger partial charge is 0.235 e. The van der Waals surface area contributed by atoms with Crippen molar-refractivity contribution in [2.45, 2.75) is 6.92 Å². The number of anilines is 13. The summed E-state index contributed by atoms with van der Waals surface area (Å²) in [5.74, 6) is 4.36. The molecule has 49 heavy (non-hydrogen) atoms. The summed E-state index contributed by atoms with van der Waals surface area (Å²) in [6.07, 6.45) is 5.40. The first-order chi connectivity index (χ1) is 23.8. The van der Waals surface area contributed by atoms with Crippen LogP contribution in [0.15, 0.2) is 72.6 Å². The molecule has 10 bridgehead atoms. The van der Waals surface area contributed by atoms with Crippen molar-refractivity contribution < 1.29 is 0 Å². The number of pyridine rings is 2. The number of hydrogen-bond donors (Lipinski definition) is 9. The predicted molar refractivity (Wildman–Crippen MR) is 189 cm³/mol. The molecule has 1 aliphatic rings. The zero-order chi connectivity index (χ0) is 34.2. The molecule has 5 aromatic rings. The molecule has 0 unspecified atom stereocenters. The summed E-state index contributed by atoms with van der Waals surface area (Å²) in [5, 5.41) is 27.6. The van der Waals surface area contributed by atoms with Crippen molar-refractivity contribution in [3.63, 3.8) is 0 Å². The van der Waals surface area contributed by atoms with E-state index in [4.69, 9.17) is 0 Å². The van der Waals surface area contributed by atoms with Crippen LogP contribution in [0.5, 0.6) is 0 Å². The van der Waals surface area contributed by atoms with Gasteiger partial charge < -0.3 is 47.9 Å². The number of nitrogens with one attached hydrogen (secondary N) is 9. The molecule has 0 amide bonds.